The molecular weight excluding hydrogens is 773 g/mol. The molecule has 310 valence electrons. The Morgan fingerprint density at radius 1 is 0.860 bits per heavy atom. The number of aromatic nitrogens is 4. The van der Waals surface area contributed by atoms with Gasteiger partial charge in [0.15, 0.2) is 21.3 Å². The van der Waals surface area contributed by atoms with E-state index < -0.39 is 31.6 Å². The lowest BCUT2D eigenvalue weighted by Gasteiger charge is -2.40. The van der Waals surface area contributed by atoms with Crippen molar-refractivity contribution in [3.63, 3.8) is 0 Å². The Morgan fingerprint density at radius 3 is 1.96 bits per heavy atom. The van der Waals surface area contributed by atoms with Gasteiger partial charge in [-0.05, 0) is 64.6 Å². The quantitative estimate of drug-likeness (QED) is 0.0651. The number of fused-ring (bicyclic) bond motifs is 3. The zero-order valence-electron chi connectivity index (χ0n) is 35.5. The molecule has 2 aliphatic heterocycles. The van der Waals surface area contributed by atoms with E-state index in [1.54, 1.807) is 10.7 Å². The van der Waals surface area contributed by atoms with Gasteiger partial charge >= 0.3 is 6.09 Å². The van der Waals surface area contributed by atoms with Crippen LogP contribution in [0.3, 0.4) is 0 Å². The summed E-state index contributed by atoms with van der Waals surface area (Å²) in [7, 11) is -6.71. The van der Waals surface area contributed by atoms with Gasteiger partial charge in [-0.25, -0.2) is 18.2 Å². The summed E-state index contributed by atoms with van der Waals surface area (Å²) in [5.41, 5.74) is 3.79. The van der Waals surface area contributed by atoms with Crippen molar-refractivity contribution in [1.82, 2.24) is 24.5 Å². The molecule has 0 N–H and O–H groups in total. The van der Waals surface area contributed by atoms with Gasteiger partial charge in [-0.2, -0.15) is 9.61 Å². The Labute approximate surface area is 341 Å². The number of carbonyl (C=O) groups excluding carboxylic acids is 1. The normalized spacial score (nSPS) is 19.0. The summed E-state index contributed by atoms with van der Waals surface area (Å²) in [6, 6.07) is 15.7. The molecule has 1 aromatic carbocycles. The monoisotopic (exact) mass is 834 g/mol. The maximum Gasteiger partial charge on any atom is 0.410 e. The summed E-state index contributed by atoms with van der Waals surface area (Å²) in [6.07, 6.45) is 7.27. The minimum absolute atomic E-state index is 0.0949. The fraction of sp³-hybridized carbons (Fsp3) is 0.571. The van der Waals surface area contributed by atoms with Gasteiger partial charge in [0.1, 0.15) is 24.0 Å². The third kappa shape index (κ3) is 10.7. The summed E-state index contributed by atoms with van der Waals surface area (Å²) < 4.78 is 48.8. The molecule has 0 saturated carbocycles. The number of hydrogen-bond donors (Lipinski definition) is 0. The van der Waals surface area contributed by atoms with Gasteiger partial charge in [-0.3, -0.25) is 4.98 Å². The molecule has 2 aliphatic rings. The van der Waals surface area contributed by atoms with E-state index in [4.69, 9.17) is 29.3 Å². The first-order valence-electron chi connectivity index (χ1n) is 20.2. The van der Waals surface area contributed by atoms with Crippen LogP contribution in [0.2, 0.25) is 51.4 Å². The summed E-state index contributed by atoms with van der Waals surface area (Å²) in [4.78, 5) is 27.4. The molecule has 5 heterocycles. The molecule has 4 aromatic rings. The number of nitrogens with zero attached hydrogens (tertiary/aromatic N) is 6. The van der Waals surface area contributed by atoms with Crippen LogP contribution >= 0.6 is 0 Å². The molecule has 2 fully saturated rings. The molecule has 12 nitrogen and oxygen atoms in total. The fourth-order valence-electron chi connectivity index (χ4n) is 7.71. The molecule has 0 radical (unpaired) electrons. The van der Waals surface area contributed by atoms with Crippen molar-refractivity contribution < 1.29 is 27.4 Å². The van der Waals surface area contributed by atoms with Crippen molar-refractivity contribution >= 4 is 43.5 Å². The van der Waals surface area contributed by atoms with Gasteiger partial charge in [0.2, 0.25) is 0 Å². The number of rotatable bonds is 15. The van der Waals surface area contributed by atoms with Crippen LogP contribution in [0.4, 0.5) is 10.6 Å². The number of carbonyl (C=O) groups is 1. The highest BCUT2D eigenvalue weighted by atomic mass is 32.2. The number of pyridine rings is 1. The number of sulfone groups is 1. The van der Waals surface area contributed by atoms with Crippen LogP contribution in [0, 0.1) is 0 Å². The van der Waals surface area contributed by atoms with Crippen LogP contribution in [-0.2, 0) is 24.0 Å². The summed E-state index contributed by atoms with van der Waals surface area (Å²) in [5, 5.41) is 4.86. The molecule has 6 rings (SSSR count). The first-order chi connectivity index (χ1) is 26.7. The number of hydrogen-bond acceptors (Lipinski definition) is 10. The molecule has 0 aliphatic carbocycles. The van der Waals surface area contributed by atoms with Gasteiger partial charge in [0.25, 0.3) is 0 Å². The lowest BCUT2D eigenvalue weighted by molar-refractivity contribution is 0.00557. The predicted octanol–water partition coefficient (Wildman–Crippen LogP) is 8.94. The van der Waals surface area contributed by atoms with Crippen molar-refractivity contribution in [1.29, 1.82) is 0 Å². The van der Waals surface area contributed by atoms with Crippen LogP contribution in [0.25, 0.3) is 28.0 Å². The molecule has 0 unspecified atom stereocenters. The molecule has 1 amide bonds. The van der Waals surface area contributed by atoms with E-state index in [9.17, 15) is 13.2 Å². The van der Waals surface area contributed by atoms with Gasteiger partial charge in [0.05, 0.1) is 17.6 Å². The van der Waals surface area contributed by atoms with Gasteiger partial charge in [0, 0.05) is 76.5 Å². The van der Waals surface area contributed by atoms with Crippen LogP contribution < -0.4 is 4.90 Å². The molecular formula is C42H62N6O6SSi2. The van der Waals surface area contributed by atoms with Crippen molar-refractivity contribution in [3.8, 4) is 22.4 Å². The smallest absolute Gasteiger partial charge is 0.410 e. The lowest BCUT2D eigenvalue weighted by atomic mass is 9.88. The van der Waals surface area contributed by atoms with E-state index in [0.717, 1.165) is 47.3 Å². The van der Waals surface area contributed by atoms with E-state index >= 15 is 0 Å². The zero-order chi connectivity index (χ0) is 41.3. The maximum absolute atomic E-state index is 14.3. The third-order valence-corrected chi connectivity index (χ3v) is 15.2. The number of anilines is 1. The minimum Gasteiger partial charge on any atom is -0.444 e. The number of amides is 1. The molecule has 2 saturated heterocycles. The van der Waals surface area contributed by atoms with E-state index in [1.165, 1.54) is 6.26 Å². The van der Waals surface area contributed by atoms with Crippen LogP contribution in [0.15, 0.2) is 59.8 Å². The lowest BCUT2D eigenvalue weighted by Crippen LogP contribution is -2.48. The first-order valence-corrected chi connectivity index (χ1v) is 29.5. The standard InChI is InChI=1S/C42H62N6O6SSi2/c1-42(2,3)54-41(49)47-33-17-18-34(47)25-32(24-33)37-38(55(4,50)51)40(46(28-52-20-22-56(5,6)7)29-53-21-23-57(8,9)10)48-39(45-37)35(27-44-48)31-16-19-36(43-26-31)30-14-12-11-13-15-30/h11-16,19,26-27,32-34H,17-18,20-25,28-29H2,1-10H3/t32-,33+,34-. The molecule has 0 spiro atoms. The number of benzene rings is 1. The molecule has 3 atom stereocenters. The van der Waals surface area contributed by atoms with E-state index in [1.807, 2.05) is 79.2 Å². The van der Waals surface area contributed by atoms with Gasteiger partial charge in [-0.15, -0.1) is 0 Å². The van der Waals surface area contributed by atoms with Crippen molar-refractivity contribution in [2.45, 2.75) is 126 Å². The molecule has 2 bridgehead atoms. The maximum atomic E-state index is 14.3. The number of ether oxygens (including phenoxy) is 3. The third-order valence-electron chi connectivity index (χ3n) is 10.6. The predicted molar refractivity (Wildman–Crippen MR) is 232 cm³/mol. The highest BCUT2D eigenvalue weighted by Crippen LogP contribution is 2.46. The molecule has 57 heavy (non-hydrogen) atoms. The average Bonchev–Trinajstić information content (AvgIpc) is 3.66. The Bertz CT molecular complexity index is 2090. The zero-order valence-corrected chi connectivity index (χ0v) is 38.4. The highest BCUT2D eigenvalue weighted by Gasteiger charge is 2.47. The topological polar surface area (TPSA) is 128 Å². The van der Waals surface area contributed by atoms with Gasteiger partial charge < -0.3 is 24.0 Å². The van der Waals surface area contributed by atoms with Crippen LogP contribution in [0.5, 0.6) is 0 Å². The Morgan fingerprint density at radius 2 is 1.46 bits per heavy atom. The summed E-state index contributed by atoms with van der Waals surface area (Å²) in [5.74, 6) is 0.138. The van der Waals surface area contributed by atoms with Gasteiger partial charge in [-0.1, -0.05) is 75.7 Å². The Balaban J connectivity index is 1.48. The summed E-state index contributed by atoms with van der Waals surface area (Å²) in [6.45, 7) is 20.8. The van der Waals surface area contributed by atoms with E-state index in [2.05, 4.69) is 39.3 Å². The second-order valence-electron chi connectivity index (χ2n) is 19.2. The van der Waals surface area contributed by atoms with Crippen LogP contribution in [-0.4, -0.2) is 106 Å². The highest BCUT2D eigenvalue weighted by molar-refractivity contribution is 7.91. The second-order valence-corrected chi connectivity index (χ2v) is 32.4. The summed E-state index contributed by atoms with van der Waals surface area (Å²) >= 11 is 0. The first kappa shape index (κ1) is 43.0. The van der Waals surface area contributed by atoms with Crippen LogP contribution in [0.1, 0.15) is 58.1 Å². The van der Waals surface area contributed by atoms with Crippen molar-refractivity contribution in [2.24, 2.45) is 0 Å². The van der Waals surface area contributed by atoms with E-state index in [0.29, 0.717) is 43.2 Å². The number of piperidine rings is 1. The molecule has 15 heteroatoms. The second kappa shape index (κ2) is 16.9. The average molecular weight is 835 g/mol. The fourth-order valence-corrected chi connectivity index (χ4v) is 10.4. The van der Waals surface area contributed by atoms with Crippen molar-refractivity contribution in [3.05, 3.63) is 60.6 Å². The Hall–Kier alpha value is -3.64. The SMILES string of the molecule is CC(C)(C)OC(=O)N1[C@@H]2CC[C@H]1C[C@@H](c1nc3c(-c4ccc(-c5ccccc5)nc4)cnn3c(N(COCC[Si](C)(C)C)COCC[Si](C)(C)C)c1S(C)(=O)=O)C2. The van der Waals surface area contributed by atoms with Crippen molar-refractivity contribution in [2.75, 3.05) is 37.8 Å². The molecule has 3 aromatic heterocycles. The van der Waals surface area contributed by atoms with E-state index in [-0.39, 0.29) is 42.5 Å². The Kier molecular flexibility index (Phi) is 12.7. The largest absolute Gasteiger partial charge is 0.444 e. The minimum atomic E-state index is -3.90.